The summed E-state index contributed by atoms with van der Waals surface area (Å²) in [5, 5.41) is 28.5. The molecule has 1 saturated heterocycles. The molecule has 0 radical (unpaired) electrons. The van der Waals surface area contributed by atoms with Crippen LogP contribution in [0.2, 0.25) is 0 Å². The number of aliphatic carboxylic acids is 1. The number of urea groups is 1. The van der Waals surface area contributed by atoms with E-state index < -0.39 is 24.1 Å². The maximum Gasteiger partial charge on any atom is 0.326 e. The van der Waals surface area contributed by atoms with Gasteiger partial charge < -0.3 is 25.0 Å². The first-order valence-electron chi connectivity index (χ1n) is 5.77. The number of hydrogen-bond acceptors (Lipinski definition) is 5. The monoisotopic (exact) mass is 269 g/mol. The van der Waals surface area contributed by atoms with E-state index in [0.29, 0.717) is 5.82 Å². The van der Waals surface area contributed by atoms with E-state index >= 15 is 0 Å². The molecule has 1 aromatic rings. The molecule has 0 bridgehead atoms. The fraction of sp³-hybridized carbons (Fsp3) is 0.600. The number of β-amino-alcohol motifs (C(OH)–C–C–N with tert-alkyl or cyclic N) is 1. The summed E-state index contributed by atoms with van der Waals surface area (Å²) in [7, 11) is 1.74. The Bertz CT molecular complexity index is 488. The number of carbonyl (C=O) groups excluding carboxylic acids is 1. The molecule has 0 aliphatic carbocycles. The number of aliphatic hydroxyl groups is 1. The second kappa shape index (κ2) is 5.22. The lowest BCUT2D eigenvalue weighted by molar-refractivity contribution is -0.141. The number of aryl methyl sites for hydroxylation is 1. The van der Waals surface area contributed by atoms with Crippen LogP contribution in [0.4, 0.5) is 4.79 Å². The van der Waals surface area contributed by atoms with Crippen molar-refractivity contribution < 1.29 is 19.8 Å². The van der Waals surface area contributed by atoms with Crippen molar-refractivity contribution in [1.82, 2.24) is 25.0 Å². The quantitative estimate of drug-likeness (QED) is 0.617. The molecular formula is C10H15N5O4. The third kappa shape index (κ3) is 2.81. The molecule has 1 fully saturated rings. The molecule has 104 valence electrons. The summed E-state index contributed by atoms with van der Waals surface area (Å²) in [6.07, 6.45) is 0.745. The number of amides is 2. The van der Waals surface area contributed by atoms with Crippen LogP contribution in [0.3, 0.4) is 0 Å². The zero-order valence-corrected chi connectivity index (χ0v) is 10.4. The lowest BCUT2D eigenvalue weighted by atomic mass is 10.2. The summed E-state index contributed by atoms with van der Waals surface area (Å²) in [5.74, 6) is -0.565. The van der Waals surface area contributed by atoms with E-state index in [9.17, 15) is 14.7 Å². The Balaban J connectivity index is 1.96. The van der Waals surface area contributed by atoms with Crippen LogP contribution in [0.5, 0.6) is 0 Å². The average Bonchev–Trinajstić information content (AvgIpc) is 2.92. The molecule has 1 aromatic heterocycles. The Labute approximate surface area is 108 Å². The molecule has 19 heavy (non-hydrogen) atoms. The Morgan fingerprint density at radius 3 is 2.89 bits per heavy atom. The molecule has 2 amide bonds. The van der Waals surface area contributed by atoms with E-state index in [2.05, 4.69) is 15.5 Å². The van der Waals surface area contributed by atoms with E-state index in [4.69, 9.17) is 5.11 Å². The minimum absolute atomic E-state index is 0.0155. The highest BCUT2D eigenvalue weighted by atomic mass is 16.4. The summed E-state index contributed by atoms with van der Waals surface area (Å²) in [4.78, 5) is 24.0. The molecule has 1 aliphatic rings. The SMILES string of the molecule is Cn1cnnc1CNC(=O)N1C[C@H](O)C[C@@H]1C(=O)O. The Kier molecular flexibility index (Phi) is 3.65. The molecule has 9 heteroatoms. The summed E-state index contributed by atoms with van der Waals surface area (Å²) in [5.41, 5.74) is 0. The van der Waals surface area contributed by atoms with Crippen LogP contribution in [-0.4, -0.2) is 60.6 Å². The third-order valence-electron chi connectivity index (χ3n) is 3.03. The minimum atomic E-state index is -1.12. The van der Waals surface area contributed by atoms with Crippen LogP contribution in [-0.2, 0) is 18.4 Å². The van der Waals surface area contributed by atoms with E-state index in [1.54, 1.807) is 11.6 Å². The average molecular weight is 269 g/mol. The molecule has 0 aromatic carbocycles. The van der Waals surface area contributed by atoms with Gasteiger partial charge >= 0.3 is 12.0 Å². The minimum Gasteiger partial charge on any atom is -0.480 e. The number of hydrogen-bond donors (Lipinski definition) is 3. The zero-order chi connectivity index (χ0) is 14.0. The van der Waals surface area contributed by atoms with Crippen molar-refractivity contribution in [3.05, 3.63) is 12.2 Å². The zero-order valence-electron chi connectivity index (χ0n) is 10.4. The molecule has 0 unspecified atom stereocenters. The number of nitrogens with one attached hydrogen (secondary N) is 1. The first-order valence-corrected chi connectivity index (χ1v) is 5.77. The van der Waals surface area contributed by atoms with Crippen LogP contribution >= 0.6 is 0 Å². The van der Waals surface area contributed by atoms with Crippen molar-refractivity contribution >= 4 is 12.0 Å². The van der Waals surface area contributed by atoms with Crippen molar-refractivity contribution in [3.8, 4) is 0 Å². The van der Waals surface area contributed by atoms with Gasteiger partial charge in [-0.05, 0) is 0 Å². The van der Waals surface area contributed by atoms with Crippen LogP contribution in [0, 0.1) is 0 Å². The van der Waals surface area contributed by atoms with E-state index in [0.717, 1.165) is 4.90 Å². The van der Waals surface area contributed by atoms with Crippen molar-refractivity contribution in [2.24, 2.45) is 7.05 Å². The smallest absolute Gasteiger partial charge is 0.326 e. The number of carboxylic acid groups (broad SMARTS) is 1. The number of aliphatic hydroxyl groups excluding tert-OH is 1. The first kappa shape index (κ1) is 13.3. The molecule has 1 aliphatic heterocycles. The lowest BCUT2D eigenvalue weighted by Crippen LogP contribution is -2.46. The highest BCUT2D eigenvalue weighted by Gasteiger charge is 2.38. The molecule has 0 saturated carbocycles. The number of aromatic nitrogens is 3. The van der Waals surface area contributed by atoms with Gasteiger partial charge in [0.25, 0.3) is 0 Å². The van der Waals surface area contributed by atoms with Crippen LogP contribution in [0.25, 0.3) is 0 Å². The molecular weight excluding hydrogens is 254 g/mol. The van der Waals surface area contributed by atoms with Gasteiger partial charge in [0.1, 0.15) is 12.4 Å². The van der Waals surface area contributed by atoms with Crippen molar-refractivity contribution in [3.63, 3.8) is 0 Å². The van der Waals surface area contributed by atoms with Gasteiger partial charge in [-0.2, -0.15) is 0 Å². The summed E-state index contributed by atoms with van der Waals surface area (Å²) >= 11 is 0. The third-order valence-corrected chi connectivity index (χ3v) is 3.03. The maximum absolute atomic E-state index is 11.9. The number of carboxylic acids is 1. The lowest BCUT2D eigenvalue weighted by Gasteiger charge is -2.21. The Morgan fingerprint density at radius 1 is 1.58 bits per heavy atom. The normalized spacial score (nSPS) is 22.5. The summed E-state index contributed by atoms with van der Waals surface area (Å²) in [6.45, 7) is 0.163. The number of nitrogens with zero attached hydrogens (tertiary/aromatic N) is 4. The van der Waals surface area contributed by atoms with Gasteiger partial charge in [-0.1, -0.05) is 0 Å². The highest BCUT2D eigenvalue weighted by molar-refractivity contribution is 5.83. The van der Waals surface area contributed by atoms with Crippen molar-refractivity contribution in [1.29, 1.82) is 0 Å². The Hall–Kier alpha value is -2.16. The second-order valence-electron chi connectivity index (χ2n) is 4.41. The van der Waals surface area contributed by atoms with Gasteiger partial charge in [0.2, 0.25) is 0 Å². The van der Waals surface area contributed by atoms with Crippen LogP contribution in [0.15, 0.2) is 6.33 Å². The molecule has 0 spiro atoms. The van der Waals surface area contributed by atoms with E-state index in [1.165, 1.54) is 6.33 Å². The molecule has 9 nitrogen and oxygen atoms in total. The predicted octanol–water partition coefficient (Wildman–Crippen LogP) is -1.46. The molecule has 2 rings (SSSR count). The van der Waals surface area contributed by atoms with E-state index in [1.807, 2.05) is 0 Å². The van der Waals surface area contributed by atoms with Gasteiger partial charge in [-0.3, -0.25) is 0 Å². The van der Waals surface area contributed by atoms with Gasteiger partial charge in [0.05, 0.1) is 12.6 Å². The van der Waals surface area contributed by atoms with Crippen molar-refractivity contribution in [2.75, 3.05) is 6.54 Å². The van der Waals surface area contributed by atoms with Crippen LogP contribution in [0.1, 0.15) is 12.2 Å². The largest absolute Gasteiger partial charge is 0.480 e. The standard InChI is InChI=1S/C10H15N5O4/c1-14-5-12-13-8(14)3-11-10(19)15-4-6(16)2-7(15)9(17)18/h5-7,16H,2-4H2,1H3,(H,11,19)(H,17,18)/t6-,7-/m1/s1. The predicted molar refractivity (Wildman–Crippen MR) is 62.0 cm³/mol. The summed E-state index contributed by atoms with van der Waals surface area (Å²) < 4.78 is 1.65. The van der Waals surface area contributed by atoms with Crippen molar-refractivity contribution in [2.45, 2.75) is 25.1 Å². The van der Waals surface area contributed by atoms with Gasteiger partial charge in [-0.25, -0.2) is 9.59 Å². The Morgan fingerprint density at radius 2 is 2.32 bits per heavy atom. The number of carbonyl (C=O) groups is 2. The van der Waals surface area contributed by atoms with Gasteiger partial charge in [0.15, 0.2) is 5.82 Å². The number of likely N-dealkylation sites (tertiary alicyclic amines) is 1. The topological polar surface area (TPSA) is 121 Å². The number of rotatable bonds is 3. The summed E-state index contributed by atoms with van der Waals surface area (Å²) in [6, 6.07) is -1.53. The molecule has 3 N–H and O–H groups in total. The fourth-order valence-corrected chi connectivity index (χ4v) is 2.00. The molecule has 2 atom stereocenters. The van der Waals surface area contributed by atoms with E-state index in [-0.39, 0.29) is 19.5 Å². The maximum atomic E-state index is 11.9. The van der Waals surface area contributed by atoms with Crippen LogP contribution < -0.4 is 5.32 Å². The first-order chi connectivity index (χ1) is 8.99. The second-order valence-corrected chi connectivity index (χ2v) is 4.41. The highest BCUT2D eigenvalue weighted by Crippen LogP contribution is 2.18. The molecule has 2 heterocycles. The van der Waals surface area contributed by atoms with Gasteiger partial charge in [-0.15, -0.1) is 10.2 Å². The van der Waals surface area contributed by atoms with Gasteiger partial charge in [0, 0.05) is 20.0 Å². The fourth-order valence-electron chi connectivity index (χ4n) is 2.00.